The highest BCUT2D eigenvalue weighted by Gasteiger charge is 2.12. The summed E-state index contributed by atoms with van der Waals surface area (Å²) in [5.41, 5.74) is 0.0807. The number of nitro groups is 1. The molecule has 0 aromatic heterocycles. The van der Waals surface area contributed by atoms with Gasteiger partial charge in [-0.05, 0) is 25.1 Å². The molecule has 0 radical (unpaired) electrons. The van der Waals surface area contributed by atoms with Crippen molar-refractivity contribution in [2.75, 3.05) is 0 Å². The van der Waals surface area contributed by atoms with Gasteiger partial charge in [-0.25, -0.2) is 4.39 Å². The van der Waals surface area contributed by atoms with E-state index in [-0.39, 0.29) is 23.0 Å². The zero-order valence-corrected chi connectivity index (χ0v) is 10.5. The van der Waals surface area contributed by atoms with Crippen LogP contribution in [0.3, 0.4) is 0 Å². The maximum atomic E-state index is 13.7. The predicted molar refractivity (Wildman–Crippen MR) is 69.6 cm³/mol. The molecule has 5 nitrogen and oxygen atoms in total. The van der Waals surface area contributed by atoms with Crippen LogP contribution in [0.4, 0.5) is 10.1 Å². The minimum atomic E-state index is -0.840. The molecule has 20 heavy (non-hydrogen) atoms. The van der Waals surface area contributed by atoms with E-state index in [1.165, 1.54) is 19.1 Å². The Hall–Kier alpha value is -2.76. The number of ether oxygens (including phenoxy) is 1. The number of nitrogens with zero attached hydrogens (tertiary/aromatic N) is 1. The van der Waals surface area contributed by atoms with Gasteiger partial charge < -0.3 is 4.74 Å². The van der Waals surface area contributed by atoms with Gasteiger partial charge in [0, 0.05) is 11.6 Å². The van der Waals surface area contributed by atoms with E-state index in [1.54, 1.807) is 18.2 Å². The maximum absolute atomic E-state index is 13.7. The van der Waals surface area contributed by atoms with Gasteiger partial charge in [-0.2, -0.15) is 0 Å². The summed E-state index contributed by atoms with van der Waals surface area (Å²) in [5, 5.41) is 10.5. The lowest BCUT2D eigenvalue weighted by molar-refractivity contribution is -0.385. The number of non-ortho nitro benzene ring substituents is 1. The maximum Gasteiger partial charge on any atom is 0.272 e. The summed E-state index contributed by atoms with van der Waals surface area (Å²) in [4.78, 5) is 21.0. The van der Waals surface area contributed by atoms with Crippen molar-refractivity contribution in [1.29, 1.82) is 0 Å². The van der Waals surface area contributed by atoms with Crippen LogP contribution in [0.5, 0.6) is 11.5 Å². The molecule has 0 N–H and O–H groups in total. The number of carbonyl (C=O) groups excluding carboxylic acids is 1. The van der Waals surface area contributed by atoms with Crippen LogP contribution in [0.2, 0.25) is 0 Å². The Labute approximate surface area is 113 Å². The Morgan fingerprint density at radius 3 is 2.60 bits per heavy atom. The van der Waals surface area contributed by atoms with Gasteiger partial charge in [0.25, 0.3) is 5.69 Å². The fourth-order valence-corrected chi connectivity index (χ4v) is 1.59. The summed E-state index contributed by atoms with van der Waals surface area (Å²) in [6.45, 7) is 1.41. The summed E-state index contributed by atoms with van der Waals surface area (Å²) in [6, 6.07) is 9.36. The molecule has 0 fully saturated rings. The van der Waals surface area contributed by atoms with E-state index in [0.717, 1.165) is 12.1 Å². The molecule has 0 atom stereocenters. The van der Waals surface area contributed by atoms with E-state index in [0.29, 0.717) is 5.56 Å². The molecule has 0 aliphatic carbocycles. The van der Waals surface area contributed by atoms with Gasteiger partial charge in [0.2, 0.25) is 0 Å². The van der Waals surface area contributed by atoms with Gasteiger partial charge in [-0.3, -0.25) is 14.9 Å². The number of carbonyl (C=O) groups is 1. The number of ketones is 1. The molecule has 0 spiro atoms. The summed E-state index contributed by atoms with van der Waals surface area (Å²) >= 11 is 0. The van der Waals surface area contributed by atoms with Crippen molar-refractivity contribution >= 4 is 11.5 Å². The molecule has 0 bridgehead atoms. The molecule has 0 heterocycles. The van der Waals surface area contributed by atoms with Gasteiger partial charge >= 0.3 is 0 Å². The minimum Gasteiger partial charge on any atom is -0.454 e. The predicted octanol–water partition coefficient (Wildman–Crippen LogP) is 3.73. The third kappa shape index (κ3) is 2.97. The number of nitro benzene ring substituents is 1. The fraction of sp³-hybridized carbons (Fsp3) is 0.0714. The quantitative estimate of drug-likeness (QED) is 0.484. The van der Waals surface area contributed by atoms with Crippen molar-refractivity contribution in [2.45, 2.75) is 6.92 Å². The first-order valence-electron chi connectivity index (χ1n) is 5.70. The highest BCUT2D eigenvalue weighted by molar-refractivity contribution is 5.94. The highest BCUT2D eigenvalue weighted by Crippen LogP contribution is 2.27. The van der Waals surface area contributed by atoms with Gasteiger partial charge in [0.15, 0.2) is 17.3 Å². The fourth-order valence-electron chi connectivity index (χ4n) is 1.59. The first kappa shape index (κ1) is 13.7. The van der Waals surface area contributed by atoms with Crippen LogP contribution in [0.1, 0.15) is 17.3 Å². The van der Waals surface area contributed by atoms with Gasteiger partial charge in [-0.15, -0.1) is 0 Å². The third-order valence-electron chi connectivity index (χ3n) is 2.59. The lowest BCUT2D eigenvalue weighted by Crippen LogP contribution is -1.95. The van der Waals surface area contributed by atoms with E-state index >= 15 is 0 Å². The standard InChI is InChI=1S/C14H10FNO4/c1-9(17)10-3-2-4-12(7-10)20-14-6-5-11(16(18)19)8-13(14)15/h2-8H,1H3. The minimum absolute atomic E-state index is 0.139. The van der Waals surface area contributed by atoms with Crippen LogP contribution in [0.25, 0.3) is 0 Å². The summed E-state index contributed by atoms with van der Waals surface area (Å²) < 4.78 is 18.9. The molecule has 0 unspecified atom stereocenters. The molecule has 0 saturated carbocycles. The van der Waals surface area contributed by atoms with Crippen molar-refractivity contribution in [1.82, 2.24) is 0 Å². The van der Waals surface area contributed by atoms with E-state index in [1.807, 2.05) is 0 Å². The highest BCUT2D eigenvalue weighted by atomic mass is 19.1. The Morgan fingerprint density at radius 2 is 2.00 bits per heavy atom. The van der Waals surface area contributed by atoms with E-state index in [9.17, 15) is 19.3 Å². The molecule has 6 heteroatoms. The molecular formula is C14H10FNO4. The van der Waals surface area contributed by atoms with Crippen molar-refractivity contribution in [3.8, 4) is 11.5 Å². The van der Waals surface area contributed by atoms with E-state index in [2.05, 4.69) is 0 Å². The zero-order chi connectivity index (χ0) is 14.7. The van der Waals surface area contributed by atoms with Crippen LogP contribution >= 0.6 is 0 Å². The number of hydrogen-bond acceptors (Lipinski definition) is 4. The number of hydrogen-bond donors (Lipinski definition) is 0. The number of halogens is 1. The Balaban J connectivity index is 2.28. The lowest BCUT2D eigenvalue weighted by Gasteiger charge is -2.07. The molecule has 2 aromatic carbocycles. The van der Waals surface area contributed by atoms with E-state index < -0.39 is 10.7 Å². The Bertz CT molecular complexity index is 685. The van der Waals surface area contributed by atoms with Crippen molar-refractivity contribution in [3.63, 3.8) is 0 Å². The Kier molecular flexibility index (Phi) is 3.74. The molecule has 0 aliphatic heterocycles. The average molecular weight is 275 g/mol. The summed E-state index contributed by atoms with van der Waals surface area (Å²) in [7, 11) is 0. The first-order valence-corrected chi connectivity index (χ1v) is 5.70. The normalized spacial score (nSPS) is 10.1. The monoisotopic (exact) mass is 275 g/mol. The van der Waals surface area contributed by atoms with Crippen molar-refractivity contribution < 1.29 is 18.8 Å². The largest absolute Gasteiger partial charge is 0.454 e. The molecule has 0 aliphatic rings. The van der Waals surface area contributed by atoms with Crippen LogP contribution < -0.4 is 4.74 Å². The van der Waals surface area contributed by atoms with Gasteiger partial charge in [-0.1, -0.05) is 12.1 Å². The van der Waals surface area contributed by atoms with Crippen LogP contribution in [0, 0.1) is 15.9 Å². The zero-order valence-electron chi connectivity index (χ0n) is 10.5. The first-order chi connectivity index (χ1) is 9.47. The summed E-state index contributed by atoms with van der Waals surface area (Å²) in [6.07, 6.45) is 0. The summed E-state index contributed by atoms with van der Waals surface area (Å²) in [5.74, 6) is -0.839. The molecule has 2 aromatic rings. The number of Topliss-reactive ketones (excluding diaryl/α,β-unsaturated/α-hetero) is 1. The Morgan fingerprint density at radius 1 is 1.25 bits per heavy atom. The lowest BCUT2D eigenvalue weighted by atomic mass is 10.1. The SMILES string of the molecule is CC(=O)c1cccc(Oc2ccc([N+](=O)[O-])cc2F)c1. The molecule has 0 amide bonds. The third-order valence-corrected chi connectivity index (χ3v) is 2.59. The van der Waals surface area contributed by atoms with Crippen molar-refractivity contribution in [3.05, 3.63) is 64.0 Å². The average Bonchev–Trinajstić information content (AvgIpc) is 2.41. The van der Waals surface area contributed by atoms with Crippen molar-refractivity contribution in [2.24, 2.45) is 0 Å². The molecule has 2 rings (SSSR count). The van der Waals surface area contributed by atoms with E-state index in [4.69, 9.17) is 4.74 Å². The smallest absolute Gasteiger partial charge is 0.272 e. The van der Waals surface area contributed by atoms with Gasteiger partial charge in [0.1, 0.15) is 5.75 Å². The topological polar surface area (TPSA) is 69.4 Å². The van der Waals surface area contributed by atoms with Gasteiger partial charge in [0.05, 0.1) is 11.0 Å². The second-order valence-corrected chi connectivity index (χ2v) is 4.06. The number of rotatable bonds is 4. The van der Waals surface area contributed by atoms with Crippen LogP contribution in [0.15, 0.2) is 42.5 Å². The van der Waals surface area contributed by atoms with Crippen LogP contribution in [-0.4, -0.2) is 10.7 Å². The van der Waals surface area contributed by atoms with Crippen LogP contribution in [-0.2, 0) is 0 Å². The second kappa shape index (κ2) is 5.48. The molecular weight excluding hydrogens is 265 g/mol. The molecule has 102 valence electrons. The second-order valence-electron chi connectivity index (χ2n) is 4.06. The number of benzene rings is 2. The molecule has 0 saturated heterocycles.